The van der Waals surface area contributed by atoms with Gasteiger partial charge < -0.3 is 10.5 Å². The molecule has 0 bridgehead atoms. The van der Waals surface area contributed by atoms with E-state index in [1.165, 1.54) is 33.4 Å². The van der Waals surface area contributed by atoms with Gasteiger partial charge in [0, 0.05) is 17.2 Å². The molecular formula is C25H35NO. The first-order valence-electron chi connectivity index (χ1n) is 10.1. The number of benzene rings is 2. The van der Waals surface area contributed by atoms with Crippen LogP contribution in [0.15, 0.2) is 24.3 Å². The summed E-state index contributed by atoms with van der Waals surface area (Å²) >= 11 is 0. The van der Waals surface area contributed by atoms with Crippen LogP contribution < -0.4 is 10.5 Å². The van der Waals surface area contributed by atoms with Crippen molar-refractivity contribution in [1.82, 2.24) is 0 Å². The van der Waals surface area contributed by atoms with Crippen LogP contribution in [0.1, 0.15) is 87.8 Å². The van der Waals surface area contributed by atoms with Gasteiger partial charge in [-0.3, -0.25) is 0 Å². The van der Waals surface area contributed by atoms with Gasteiger partial charge in [-0.25, -0.2) is 0 Å². The van der Waals surface area contributed by atoms with Gasteiger partial charge in [-0.2, -0.15) is 0 Å². The fourth-order valence-corrected chi connectivity index (χ4v) is 4.49. The first-order chi connectivity index (χ1) is 12.3. The molecule has 0 fully saturated rings. The Labute approximate surface area is 165 Å². The highest BCUT2D eigenvalue weighted by Crippen LogP contribution is 2.48. The van der Waals surface area contributed by atoms with E-state index >= 15 is 0 Å². The molecule has 0 saturated carbocycles. The van der Waals surface area contributed by atoms with Gasteiger partial charge in [0.1, 0.15) is 11.4 Å². The van der Waals surface area contributed by atoms with Crippen molar-refractivity contribution in [2.75, 3.05) is 5.73 Å². The first-order valence-corrected chi connectivity index (χ1v) is 10.1. The van der Waals surface area contributed by atoms with E-state index in [-0.39, 0.29) is 11.0 Å². The molecule has 1 heterocycles. The van der Waals surface area contributed by atoms with E-state index in [0.717, 1.165) is 11.4 Å². The van der Waals surface area contributed by atoms with Crippen LogP contribution in [0.25, 0.3) is 0 Å². The number of hydrogen-bond acceptors (Lipinski definition) is 2. The zero-order valence-electron chi connectivity index (χ0n) is 18.4. The second kappa shape index (κ2) is 6.29. The molecular weight excluding hydrogens is 330 g/mol. The lowest BCUT2D eigenvalue weighted by Crippen LogP contribution is -2.35. The molecule has 2 aromatic carbocycles. The molecule has 27 heavy (non-hydrogen) atoms. The molecule has 1 unspecified atom stereocenters. The molecule has 2 N–H and O–H groups in total. The van der Waals surface area contributed by atoms with Gasteiger partial charge >= 0.3 is 0 Å². The Hall–Kier alpha value is -1.96. The Morgan fingerprint density at radius 3 is 2.00 bits per heavy atom. The third-order valence-electron chi connectivity index (χ3n) is 5.96. The standard InChI is InChI=1S/C25H35NO/c1-14(2)23(17-12-19(24(5,6)7)21(26)10-15(17)3)18-13-20-22(11-16(18)4)27-25(20,8)9/h10-14,23H,26H2,1-9H3. The highest BCUT2D eigenvalue weighted by atomic mass is 16.5. The fourth-order valence-electron chi connectivity index (χ4n) is 4.49. The first kappa shape index (κ1) is 19.8. The van der Waals surface area contributed by atoms with Crippen LogP contribution in [0.5, 0.6) is 5.75 Å². The molecule has 0 aromatic heterocycles. The largest absolute Gasteiger partial charge is 0.483 e. The third kappa shape index (κ3) is 3.35. The maximum Gasteiger partial charge on any atom is 0.132 e. The molecule has 0 saturated heterocycles. The van der Waals surface area contributed by atoms with Gasteiger partial charge in [0.2, 0.25) is 0 Å². The van der Waals surface area contributed by atoms with Crippen molar-refractivity contribution in [3.8, 4) is 5.75 Å². The Kier molecular flexibility index (Phi) is 4.61. The summed E-state index contributed by atoms with van der Waals surface area (Å²) < 4.78 is 5.94. The van der Waals surface area contributed by atoms with E-state index in [0.29, 0.717) is 11.8 Å². The van der Waals surface area contributed by atoms with E-state index < -0.39 is 0 Å². The molecule has 0 aliphatic carbocycles. The minimum atomic E-state index is -0.188. The smallest absolute Gasteiger partial charge is 0.132 e. The number of aryl methyl sites for hydroxylation is 2. The zero-order valence-corrected chi connectivity index (χ0v) is 18.4. The SMILES string of the molecule is Cc1cc(N)c(C(C)(C)C)cc1C(c1cc2c(cc1C)OC2(C)C)C(C)C. The molecule has 1 atom stereocenters. The lowest BCUT2D eigenvalue weighted by molar-refractivity contribution is 0.0514. The average molecular weight is 366 g/mol. The lowest BCUT2D eigenvalue weighted by atomic mass is 9.74. The summed E-state index contributed by atoms with van der Waals surface area (Å²) in [5, 5.41) is 0. The van der Waals surface area contributed by atoms with Gasteiger partial charge in [-0.05, 0) is 85.0 Å². The summed E-state index contributed by atoms with van der Waals surface area (Å²) in [5.41, 5.74) is 15.1. The Balaban J connectivity index is 2.21. The minimum absolute atomic E-state index is 0.0272. The predicted molar refractivity (Wildman–Crippen MR) is 116 cm³/mol. The topological polar surface area (TPSA) is 35.2 Å². The highest BCUT2D eigenvalue weighted by Gasteiger charge is 2.38. The molecule has 2 aromatic rings. The molecule has 2 nitrogen and oxygen atoms in total. The highest BCUT2D eigenvalue weighted by molar-refractivity contribution is 5.58. The molecule has 146 valence electrons. The van der Waals surface area contributed by atoms with Crippen LogP contribution in [0.4, 0.5) is 5.69 Å². The van der Waals surface area contributed by atoms with Gasteiger partial charge in [-0.15, -0.1) is 0 Å². The number of fused-ring (bicyclic) bond motifs is 1. The van der Waals surface area contributed by atoms with E-state index in [4.69, 9.17) is 10.5 Å². The van der Waals surface area contributed by atoms with Gasteiger partial charge in [0.25, 0.3) is 0 Å². The van der Waals surface area contributed by atoms with Crippen molar-refractivity contribution in [2.45, 2.75) is 79.2 Å². The van der Waals surface area contributed by atoms with Gasteiger partial charge in [0.15, 0.2) is 0 Å². The van der Waals surface area contributed by atoms with Crippen molar-refractivity contribution >= 4 is 5.69 Å². The van der Waals surface area contributed by atoms with Crippen molar-refractivity contribution < 1.29 is 4.74 Å². The zero-order chi connectivity index (χ0) is 20.3. The Bertz CT molecular complexity index is 884. The Morgan fingerprint density at radius 1 is 0.926 bits per heavy atom. The average Bonchev–Trinajstić information content (AvgIpc) is 2.49. The van der Waals surface area contributed by atoms with Crippen molar-refractivity contribution in [3.63, 3.8) is 0 Å². The van der Waals surface area contributed by atoms with E-state index in [2.05, 4.69) is 86.6 Å². The molecule has 0 radical (unpaired) electrons. The summed E-state index contributed by atoms with van der Waals surface area (Å²) in [7, 11) is 0. The summed E-state index contributed by atoms with van der Waals surface area (Å²) in [5.74, 6) is 1.86. The summed E-state index contributed by atoms with van der Waals surface area (Å²) in [4.78, 5) is 0. The number of anilines is 1. The van der Waals surface area contributed by atoms with E-state index in [9.17, 15) is 0 Å². The quantitative estimate of drug-likeness (QED) is 0.622. The van der Waals surface area contributed by atoms with E-state index in [1.54, 1.807) is 0 Å². The molecule has 2 heteroatoms. The summed E-state index contributed by atoms with van der Waals surface area (Å²) in [6.45, 7) is 20.0. The third-order valence-corrected chi connectivity index (χ3v) is 5.96. The van der Waals surface area contributed by atoms with E-state index in [1.807, 2.05) is 0 Å². The maximum absolute atomic E-state index is 6.39. The van der Waals surface area contributed by atoms with Crippen molar-refractivity contribution in [1.29, 1.82) is 0 Å². The van der Waals surface area contributed by atoms with Crippen LogP contribution in [-0.2, 0) is 11.0 Å². The monoisotopic (exact) mass is 365 g/mol. The normalized spacial score (nSPS) is 16.5. The second-order valence-electron chi connectivity index (χ2n) is 10.1. The summed E-state index contributed by atoms with van der Waals surface area (Å²) in [6.07, 6.45) is 0. The Morgan fingerprint density at radius 2 is 1.48 bits per heavy atom. The molecule has 1 aliphatic rings. The molecule has 3 rings (SSSR count). The van der Waals surface area contributed by atoms with Crippen LogP contribution in [0, 0.1) is 19.8 Å². The van der Waals surface area contributed by atoms with Gasteiger partial charge in [-0.1, -0.05) is 40.7 Å². The minimum Gasteiger partial charge on any atom is -0.483 e. The molecule has 0 spiro atoms. The van der Waals surface area contributed by atoms with Crippen LogP contribution in [0.2, 0.25) is 0 Å². The van der Waals surface area contributed by atoms with Crippen LogP contribution in [-0.4, -0.2) is 0 Å². The number of hydrogen-bond donors (Lipinski definition) is 1. The number of ether oxygens (including phenoxy) is 1. The second-order valence-corrected chi connectivity index (χ2v) is 10.1. The lowest BCUT2D eigenvalue weighted by Gasteiger charge is -2.40. The number of nitrogens with two attached hydrogens (primary N) is 1. The van der Waals surface area contributed by atoms with Crippen molar-refractivity contribution in [3.05, 3.63) is 57.6 Å². The van der Waals surface area contributed by atoms with Crippen LogP contribution in [0.3, 0.4) is 0 Å². The maximum atomic E-state index is 6.39. The molecule has 0 amide bonds. The van der Waals surface area contributed by atoms with Gasteiger partial charge in [0.05, 0.1) is 0 Å². The van der Waals surface area contributed by atoms with Crippen molar-refractivity contribution in [2.24, 2.45) is 5.92 Å². The fraction of sp³-hybridized carbons (Fsp3) is 0.520. The molecule has 1 aliphatic heterocycles. The number of nitrogen functional groups attached to an aromatic ring is 1. The predicted octanol–water partition coefficient (Wildman–Crippen LogP) is 6.60. The summed E-state index contributed by atoms with van der Waals surface area (Å²) in [6, 6.07) is 9.11. The van der Waals surface area contributed by atoms with Crippen LogP contribution >= 0.6 is 0 Å². The number of rotatable bonds is 3.